The predicted octanol–water partition coefficient (Wildman–Crippen LogP) is 1.91. The van der Waals surface area contributed by atoms with Crippen LogP contribution in [0.4, 0.5) is 0 Å². The number of hydrogen-bond donors (Lipinski definition) is 1. The third-order valence-corrected chi connectivity index (χ3v) is 4.74. The molecule has 0 radical (unpaired) electrons. The molecule has 102 valence electrons. The number of likely N-dealkylation sites (N-methyl/N-ethyl adjacent to an activating group) is 1. The maximum Gasteiger partial charge on any atom is 0.0766 e. The zero-order chi connectivity index (χ0) is 13.1. The Morgan fingerprint density at radius 2 is 2.39 bits per heavy atom. The first-order chi connectivity index (χ1) is 8.67. The van der Waals surface area contributed by atoms with Crippen molar-refractivity contribution in [3.05, 3.63) is 15.9 Å². The van der Waals surface area contributed by atoms with E-state index in [1.807, 2.05) is 18.8 Å². The molecule has 1 aliphatic rings. The van der Waals surface area contributed by atoms with Crippen LogP contribution in [0.2, 0.25) is 0 Å². The first kappa shape index (κ1) is 14.0. The first-order valence-electron chi connectivity index (χ1n) is 6.62. The molecule has 0 aliphatic carbocycles. The lowest BCUT2D eigenvalue weighted by atomic mass is 9.95. The van der Waals surface area contributed by atoms with Gasteiger partial charge in [-0.05, 0) is 35.8 Å². The SMILES string of the molecule is CCc1nn(C)c(CC(NC)C2CCOC2)c1Br. The van der Waals surface area contributed by atoms with Gasteiger partial charge in [0.05, 0.1) is 22.5 Å². The van der Waals surface area contributed by atoms with E-state index < -0.39 is 0 Å². The number of rotatable bonds is 5. The quantitative estimate of drug-likeness (QED) is 0.902. The van der Waals surface area contributed by atoms with Gasteiger partial charge >= 0.3 is 0 Å². The summed E-state index contributed by atoms with van der Waals surface area (Å²) in [6.45, 7) is 3.91. The minimum absolute atomic E-state index is 0.462. The van der Waals surface area contributed by atoms with E-state index in [2.05, 4.69) is 33.3 Å². The third-order valence-electron chi connectivity index (χ3n) is 3.82. The molecule has 2 rings (SSSR count). The number of nitrogens with zero attached hydrogens (tertiary/aromatic N) is 2. The average Bonchev–Trinajstić information content (AvgIpc) is 2.97. The number of aryl methyl sites for hydroxylation is 2. The van der Waals surface area contributed by atoms with Gasteiger partial charge in [0.1, 0.15) is 0 Å². The second-order valence-corrected chi connectivity index (χ2v) is 5.70. The lowest BCUT2D eigenvalue weighted by Gasteiger charge is -2.22. The van der Waals surface area contributed by atoms with Crippen molar-refractivity contribution in [2.45, 2.75) is 32.2 Å². The third kappa shape index (κ3) is 2.78. The van der Waals surface area contributed by atoms with Crippen molar-refractivity contribution in [3.8, 4) is 0 Å². The molecule has 1 aromatic heterocycles. The summed E-state index contributed by atoms with van der Waals surface area (Å²) >= 11 is 3.69. The topological polar surface area (TPSA) is 39.1 Å². The van der Waals surface area contributed by atoms with Crippen LogP contribution in [-0.4, -0.2) is 36.1 Å². The summed E-state index contributed by atoms with van der Waals surface area (Å²) in [6.07, 6.45) is 3.11. The molecule has 0 spiro atoms. The highest BCUT2D eigenvalue weighted by atomic mass is 79.9. The molecular weight excluding hydrogens is 294 g/mol. The van der Waals surface area contributed by atoms with Gasteiger partial charge in [-0.15, -0.1) is 0 Å². The van der Waals surface area contributed by atoms with E-state index in [4.69, 9.17) is 4.74 Å². The standard InChI is InChI=1S/C13H22BrN3O/c1-4-10-13(14)12(17(3)16-10)7-11(15-2)9-5-6-18-8-9/h9,11,15H,4-8H2,1-3H3. The molecular formula is C13H22BrN3O. The Morgan fingerprint density at radius 1 is 1.61 bits per heavy atom. The van der Waals surface area contributed by atoms with Crippen molar-refractivity contribution in [3.63, 3.8) is 0 Å². The minimum atomic E-state index is 0.462. The van der Waals surface area contributed by atoms with E-state index in [9.17, 15) is 0 Å². The smallest absolute Gasteiger partial charge is 0.0766 e. The van der Waals surface area contributed by atoms with E-state index in [1.165, 1.54) is 10.2 Å². The van der Waals surface area contributed by atoms with Crippen LogP contribution in [0.25, 0.3) is 0 Å². The number of ether oxygens (including phenoxy) is 1. The van der Waals surface area contributed by atoms with Crippen molar-refractivity contribution < 1.29 is 4.74 Å². The molecule has 0 bridgehead atoms. The molecule has 2 heterocycles. The molecule has 5 heteroatoms. The van der Waals surface area contributed by atoms with Gasteiger partial charge < -0.3 is 10.1 Å². The Kier molecular flexibility index (Phi) is 4.81. The summed E-state index contributed by atoms with van der Waals surface area (Å²) < 4.78 is 8.67. The van der Waals surface area contributed by atoms with Crippen LogP contribution in [0.5, 0.6) is 0 Å². The van der Waals surface area contributed by atoms with E-state index in [0.29, 0.717) is 12.0 Å². The fourth-order valence-electron chi connectivity index (χ4n) is 2.62. The van der Waals surface area contributed by atoms with Crippen LogP contribution < -0.4 is 5.32 Å². The zero-order valence-corrected chi connectivity index (χ0v) is 13.0. The number of aromatic nitrogens is 2. The van der Waals surface area contributed by atoms with Gasteiger partial charge in [0.2, 0.25) is 0 Å². The predicted molar refractivity (Wildman–Crippen MR) is 75.8 cm³/mol. The van der Waals surface area contributed by atoms with E-state index >= 15 is 0 Å². The highest BCUT2D eigenvalue weighted by molar-refractivity contribution is 9.10. The Morgan fingerprint density at radius 3 is 2.89 bits per heavy atom. The van der Waals surface area contributed by atoms with Gasteiger partial charge in [0, 0.05) is 32.0 Å². The summed E-state index contributed by atoms with van der Waals surface area (Å²) in [6, 6.07) is 0.462. The van der Waals surface area contributed by atoms with Crippen LogP contribution in [0, 0.1) is 5.92 Å². The molecule has 1 aromatic rings. The molecule has 2 unspecified atom stereocenters. The highest BCUT2D eigenvalue weighted by Gasteiger charge is 2.26. The average molecular weight is 316 g/mol. The van der Waals surface area contributed by atoms with Crippen LogP contribution >= 0.6 is 15.9 Å². The van der Waals surface area contributed by atoms with Crippen molar-refractivity contribution in [1.82, 2.24) is 15.1 Å². The Hall–Kier alpha value is -0.390. The highest BCUT2D eigenvalue weighted by Crippen LogP contribution is 2.26. The minimum Gasteiger partial charge on any atom is -0.381 e. The van der Waals surface area contributed by atoms with Gasteiger partial charge in [-0.1, -0.05) is 6.92 Å². The van der Waals surface area contributed by atoms with Crippen LogP contribution in [0.15, 0.2) is 4.47 Å². The molecule has 1 N–H and O–H groups in total. The van der Waals surface area contributed by atoms with E-state index in [-0.39, 0.29) is 0 Å². The zero-order valence-electron chi connectivity index (χ0n) is 11.4. The second kappa shape index (κ2) is 6.17. The largest absolute Gasteiger partial charge is 0.381 e. The van der Waals surface area contributed by atoms with Crippen molar-refractivity contribution in [2.24, 2.45) is 13.0 Å². The Bertz CT molecular complexity index is 399. The number of hydrogen-bond acceptors (Lipinski definition) is 3. The van der Waals surface area contributed by atoms with Gasteiger partial charge in [-0.3, -0.25) is 4.68 Å². The van der Waals surface area contributed by atoms with Crippen LogP contribution in [0.1, 0.15) is 24.7 Å². The second-order valence-electron chi connectivity index (χ2n) is 4.91. The van der Waals surface area contributed by atoms with Gasteiger partial charge in [0.15, 0.2) is 0 Å². The number of halogens is 1. The molecule has 0 amide bonds. The maximum absolute atomic E-state index is 5.49. The Labute approximate surface area is 117 Å². The van der Waals surface area contributed by atoms with Crippen molar-refractivity contribution in [1.29, 1.82) is 0 Å². The van der Waals surface area contributed by atoms with Gasteiger partial charge in [0.25, 0.3) is 0 Å². The Balaban J connectivity index is 2.13. The lowest BCUT2D eigenvalue weighted by Crippen LogP contribution is -2.36. The molecule has 18 heavy (non-hydrogen) atoms. The molecule has 0 saturated carbocycles. The molecule has 0 aromatic carbocycles. The van der Waals surface area contributed by atoms with Gasteiger partial charge in [-0.2, -0.15) is 5.10 Å². The fourth-order valence-corrected chi connectivity index (χ4v) is 3.40. The van der Waals surface area contributed by atoms with Crippen molar-refractivity contribution in [2.75, 3.05) is 20.3 Å². The summed E-state index contributed by atoms with van der Waals surface area (Å²) in [4.78, 5) is 0. The van der Waals surface area contributed by atoms with Gasteiger partial charge in [-0.25, -0.2) is 0 Å². The molecule has 1 fully saturated rings. The normalized spacial score (nSPS) is 21.4. The van der Waals surface area contributed by atoms with E-state index in [1.54, 1.807) is 0 Å². The van der Waals surface area contributed by atoms with Crippen LogP contribution in [0.3, 0.4) is 0 Å². The first-order valence-corrected chi connectivity index (χ1v) is 7.41. The summed E-state index contributed by atoms with van der Waals surface area (Å²) in [5.74, 6) is 0.613. The number of nitrogens with one attached hydrogen (secondary N) is 1. The lowest BCUT2D eigenvalue weighted by molar-refractivity contribution is 0.177. The molecule has 1 aliphatic heterocycles. The summed E-state index contributed by atoms with van der Waals surface area (Å²) in [7, 11) is 4.06. The van der Waals surface area contributed by atoms with Crippen LogP contribution in [-0.2, 0) is 24.6 Å². The maximum atomic E-state index is 5.49. The summed E-state index contributed by atoms with van der Waals surface area (Å²) in [5.41, 5.74) is 2.42. The fraction of sp³-hybridized carbons (Fsp3) is 0.769. The van der Waals surface area contributed by atoms with E-state index in [0.717, 1.165) is 38.2 Å². The molecule has 1 saturated heterocycles. The monoisotopic (exact) mass is 315 g/mol. The molecule has 2 atom stereocenters. The summed E-state index contributed by atoms with van der Waals surface area (Å²) in [5, 5.41) is 7.99. The van der Waals surface area contributed by atoms with Crippen molar-refractivity contribution >= 4 is 15.9 Å². The molecule has 4 nitrogen and oxygen atoms in total.